The van der Waals surface area contributed by atoms with Gasteiger partial charge in [0.25, 0.3) is 0 Å². The number of sulfonamides is 1. The van der Waals surface area contributed by atoms with Gasteiger partial charge < -0.3 is 14.8 Å². The number of nitrogens with one attached hydrogen (secondary N) is 1. The van der Waals surface area contributed by atoms with Gasteiger partial charge in [0.05, 0.1) is 40.3 Å². The predicted molar refractivity (Wildman–Crippen MR) is 140 cm³/mol. The maximum absolute atomic E-state index is 15.0. The van der Waals surface area contributed by atoms with Crippen molar-refractivity contribution >= 4 is 62.0 Å². The number of aliphatic imine (C=N–C) groups is 1. The Bertz CT molecular complexity index is 1640. The van der Waals surface area contributed by atoms with E-state index in [4.69, 9.17) is 32.7 Å². The first kappa shape index (κ1) is 25.5. The summed E-state index contributed by atoms with van der Waals surface area (Å²) in [7, 11) is -2.08. The first-order valence-electron chi connectivity index (χ1n) is 11.1. The Morgan fingerprint density at radius 2 is 2.00 bits per heavy atom. The number of benzene rings is 2. The summed E-state index contributed by atoms with van der Waals surface area (Å²) >= 11 is 11.9. The van der Waals surface area contributed by atoms with Crippen molar-refractivity contribution < 1.29 is 22.3 Å². The van der Waals surface area contributed by atoms with Crippen molar-refractivity contribution in [1.82, 2.24) is 13.9 Å². The molecule has 0 aliphatic carbocycles. The van der Waals surface area contributed by atoms with Crippen molar-refractivity contribution in [2.24, 2.45) is 4.99 Å². The van der Waals surface area contributed by atoms with Gasteiger partial charge in [0.15, 0.2) is 23.1 Å². The van der Waals surface area contributed by atoms with Crippen molar-refractivity contribution in [3.05, 3.63) is 56.5 Å². The molecule has 14 heteroatoms. The molecular weight excluding hydrogens is 548 g/mol. The van der Waals surface area contributed by atoms with Crippen LogP contribution in [0.25, 0.3) is 16.6 Å². The number of methoxy groups -OCH3 is 1. The van der Waals surface area contributed by atoms with Crippen LogP contribution < -0.4 is 20.5 Å². The number of nitrogens with zero attached hydrogens (tertiary/aromatic N) is 4. The molecule has 0 amide bonds. The molecule has 10 nitrogen and oxygen atoms in total. The van der Waals surface area contributed by atoms with Crippen molar-refractivity contribution in [3.8, 4) is 17.2 Å². The third-order valence-corrected chi connectivity index (χ3v) is 8.48. The Morgan fingerprint density at radius 3 is 2.68 bits per heavy atom. The molecule has 1 saturated heterocycles. The van der Waals surface area contributed by atoms with Crippen LogP contribution in [-0.2, 0) is 10.0 Å². The van der Waals surface area contributed by atoms with Crippen molar-refractivity contribution in [3.63, 3.8) is 0 Å². The van der Waals surface area contributed by atoms with Crippen LogP contribution in [0.2, 0.25) is 10.0 Å². The lowest BCUT2D eigenvalue weighted by Crippen LogP contribution is -2.40. The van der Waals surface area contributed by atoms with E-state index in [2.05, 4.69) is 21.9 Å². The maximum Gasteiger partial charge on any atom is 0.354 e. The number of hydrogen-bond acceptors (Lipinski definition) is 8. The normalized spacial score (nSPS) is 16.0. The van der Waals surface area contributed by atoms with Gasteiger partial charge in [-0.1, -0.05) is 29.8 Å². The molecule has 1 N–H and O–H groups in total. The summed E-state index contributed by atoms with van der Waals surface area (Å²) in [4.78, 5) is 21.8. The van der Waals surface area contributed by atoms with E-state index in [1.54, 1.807) is 6.07 Å². The highest BCUT2D eigenvalue weighted by Gasteiger charge is 2.30. The van der Waals surface area contributed by atoms with Crippen LogP contribution in [0.4, 0.5) is 15.9 Å². The minimum absolute atomic E-state index is 0.00317. The zero-order chi connectivity index (χ0) is 26.5. The zero-order valence-electron chi connectivity index (χ0n) is 19.4. The van der Waals surface area contributed by atoms with Crippen LogP contribution in [0.1, 0.15) is 12.8 Å². The number of aromatic nitrogens is 2. The molecule has 5 rings (SSSR count). The van der Waals surface area contributed by atoms with E-state index in [-0.39, 0.29) is 52.0 Å². The van der Waals surface area contributed by atoms with Crippen LogP contribution in [-0.4, -0.2) is 54.9 Å². The first-order valence-corrected chi connectivity index (χ1v) is 13.3. The van der Waals surface area contributed by atoms with Crippen LogP contribution in [0.3, 0.4) is 0 Å². The summed E-state index contributed by atoms with van der Waals surface area (Å²) in [6.07, 6.45) is 1.78. The standard InChI is InChI=1S/C23H20Cl2FN5O5S/c1-3-37(33,34)30-8-6-12(7-9-30)36-21-16(35-2)10-14-17-20(21)29-23(32)31(22(17)28-11-27-14)15-5-4-13(24)18(25)19(15)26/h3-5,10-12H,1,6-9H2,2H3,(H,27,28). The largest absolute Gasteiger partial charge is 0.493 e. The molecule has 0 bridgehead atoms. The quantitative estimate of drug-likeness (QED) is 0.443. The third kappa shape index (κ3) is 4.33. The molecule has 194 valence electrons. The molecule has 0 radical (unpaired) electrons. The lowest BCUT2D eigenvalue weighted by molar-refractivity contribution is 0.133. The average molecular weight is 568 g/mol. The molecule has 2 aliphatic rings. The molecule has 1 aromatic heterocycles. The summed E-state index contributed by atoms with van der Waals surface area (Å²) < 4.78 is 53.3. The minimum atomic E-state index is -3.53. The molecule has 0 spiro atoms. The van der Waals surface area contributed by atoms with E-state index in [1.165, 1.54) is 29.9 Å². The SMILES string of the molecule is C=CS(=O)(=O)N1CCC(Oc2c(OC)cc3c4c(n(-c5ccc(Cl)c(Cl)c5F)c(=O)nc24)N=CN3)CC1. The highest BCUT2D eigenvalue weighted by atomic mass is 35.5. The number of ether oxygens (including phenoxy) is 2. The van der Waals surface area contributed by atoms with Gasteiger partial charge in [-0.15, -0.1) is 0 Å². The molecule has 2 aliphatic heterocycles. The van der Waals surface area contributed by atoms with Crippen LogP contribution in [0.5, 0.6) is 11.5 Å². The minimum Gasteiger partial charge on any atom is -0.493 e. The summed E-state index contributed by atoms with van der Waals surface area (Å²) in [5, 5.41) is 3.97. The second-order valence-corrected chi connectivity index (χ2v) is 10.9. The summed E-state index contributed by atoms with van der Waals surface area (Å²) in [6.45, 7) is 3.84. The van der Waals surface area contributed by atoms with Gasteiger partial charge >= 0.3 is 5.69 Å². The molecule has 0 saturated carbocycles. The number of rotatable bonds is 6. The highest BCUT2D eigenvalue weighted by Crippen LogP contribution is 2.45. The van der Waals surface area contributed by atoms with E-state index in [1.807, 2.05) is 0 Å². The molecule has 0 unspecified atom stereocenters. The number of hydrogen-bond donors (Lipinski definition) is 1. The Hall–Kier alpha value is -3.19. The highest BCUT2D eigenvalue weighted by molar-refractivity contribution is 7.92. The van der Waals surface area contributed by atoms with E-state index in [0.717, 1.165) is 9.98 Å². The van der Waals surface area contributed by atoms with E-state index >= 15 is 4.39 Å². The number of piperidine rings is 1. The van der Waals surface area contributed by atoms with Crippen LogP contribution in [0.15, 0.2) is 40.0 Å². The molecule has 1 fully saturated rings. The van der Waals surface area contributed by atoms with Crippen LogP contribution >= 0.6 is 23.2 Å². The summed E-state index contributed by atoms with van der Waals surface area (Å²) in [5.74, 6) is -0.274. The van der Waals surface area contributed by atoms with Crippen LogP contribution in [0, 0.1) is 5.82 Å². The molecule has 0 atom stereocenters. The predicted octanol–water partition coefficient (Wildman–Crippen LogP) is 4.24. The molecule has 3 heterocycles. The molecule has 3 aromatic rings. The third-order valence-electron chi connectivity index (χ3n) is 6.19. The lowest BCUT2D eigenvalue weighted by Gasteiger charge is -2.31. The second kappa shape index (κ2) is 9.60. The zero-order valence-corrected chi connectivity index (χ0v) is 21.7. The molecular formula is C23H20Cl2FN5O5S. The van der Waals surface area contributed by atoms with Gasteiger partial charge in [-0.25, -0.2) is 27.2 Å². The molecule has 37 heavy (non-hydrogen) atoms. The average Bonchev–Trinajstić information content (AvgIpc) is 2.89. The Balaban J connectivity index is 1.63. The summed E-state index contributed by atoms with van der Waals surface area (Å²) in [6, 6.07) is 4.35. The van der Waals surface area contributed by atoms with Crippen molar-refractivity contribution in [1.29, 1.82) is 0 Å². The van der Waals surface area contributed by atoms with E-state index in [0.29, 0.717) is 29.7 Å². The maximum atomic E-state index is 15.0. The van der Waals surface area contributed by atoms with Gasteiger partial charge in [-0.05, 0) is 25.0 Å². The number of anilines is 1. The Labute approximate surface area is 221 Å². The topological polar surface area (TPSA) is 115 Å². The Morgan fingerprint density at radius 1 is 1.27 bits per heavy atom. The fourth-order valence-electron chi connectivity index (χ4n) is 4.35. The number of halogens is 3. The van der Waals surface area contributed by atoms with Gasteiger partial charge in [-0.2, -0.15) is 9.29 Å². The van der Waals surface area contributed by atoms with Crippen molar-refractivity contribution in [2.45, 2.75) is 18.9 Å². The Kier molecular flexibility index (Phi) is 6.61. The second-order valence-electron chi connectivity index (χ2n) is 8.26. The van der Waals surface area contributed by atoms with Gasteiger partial charge in [-0.3, -0.25) is 0 Å². The molecule has 2 aromatic carbocycles. The van der Waals surface area contributed by atoms with Gasteiger partial charge in [0.2, 0.25) is 10.0 Å². The monoisotopic (exact) mass is 567 g/mol. The van der Waals surface area contributed by atoms with Gasteiger partial charge in [0.1, 0.15) is 11.6 Å². The van der Waals surface area contributed by atoms with E-state index in [9.17, 15) is 13.2 Å². The van der Waals surface area contributed by atoms with Crippen molar-refractivity contribution in [2.75, 3.05) is 25.5 Å². The van der Waals surface area contributed by atoms with E-state index < -0.39 is 21.5 Å². The lowest BCUT2D eigenvalue weighted by atomic mass is 10.1. The fraction of sp³-hybridized carbons (Fsp3) is 0.261. The van der Waals surface area contributed by atoms with Gasteiger partial charge in [0, 0.05) is 24.6 Å². The smallest absolute Gasteiger partial charge is 0.354 e. The first-order chi connectivity index (χ1) is 17.7. The fourth-order valence-corrected chi connectivity index (χ4v) is 5.59. The summed E-state index contributed by atoms with van der Waals surface area (Å²) in [5.41, 5.74) is -0.313.